The third-order valence-electron chi connectivity index (χ3n) is 7.41. The lowest BCUT2D eigenvalue weighted by Crippen LogP contribution is -2.52. The van der Waals surface area contributed by atoms with E-state index < -0.39 is 0 Å². The molecule has 0 saturated heterocycles. The molecule has 0 aromatic carbocycles. The first-order valence-corrected chi connectivity index (χ1v) is 9.22. The van der Waals surface area contributed by atoms with Crippen molar-refractivity contribution in [2.45, 2.75) is 71.0 Å². The van der Waals surface area contributed by atoms with Gasteiger partial charge < -0.3 is 15.9 Å². The summed E-state index contributed by atoms with van der Waals surface area (Å²) in [7, 11) is 0. The first kappa shape index (κ1) is 16.5. The maximum atomic E-state index is 11.1. The molecule has 126 valence electrons. The highest BCUT2D eigenvalue weighted by molar-refractivity contribution is 5.17. The molecule has 3 unspecified atom stereocenters. The van der Waals surface area contributed by atoms with Gasteiger partial charge in [-0.05, 0) is 87.5 Å². The number of fused-ring (bicyclic) bond motifs is 1. The molecule has 0 aromatic heterocycles. The van der Waals surface area contributed by atoms with E-state index in [1.807, 2.05) is 0 Å². The summed E-state index contributed by atoms with van der Waals surface area (Å²) < 4.78 is 0. The highest BCUT2D eigenvalue weighted by atomic mass is 16.3. The third kappa shape index (κ3) is 2.55. The van der Waals surface area contributed by atoms with Gasteiger partial charge in [0.05, 0.1) is 12.2 Å². The zero-order valence-corrected chi connectivity index (χ0v) is 14.2. The van der Waals surface area contributed by atoms with Crippen LogP contribution in [-0.2, 0) is 0 Å². The van der Waals surface area contributed by atoms with Crippen molar-refractivity contribution >= 4 is 0 Å². The van der Waals surface area contributed by atoms with Crippen LogP contribution in [0.4, 0.5) is 0 Å². The van der Waals surface area contributed by atoms with E-state index in [9.17, 15) is 10.2 Å². The zero-order valence-electron chi connectivity index (χ0n) is 14.2. The van der Waals surface area contributed by atoms with Crippen molar-refractivity contribution in [1.82, 2.24) is 0 Å². The normalized spacial score (nSPS) is 51.0. The standard InChI is InChI=1S/C19H33NO2/c1-3-12-4-5-16-15(12)6-7-17(18(16)22)19(2)9-8-14(21)10-13(19)11-20/h3,13-18,21-22H,4-11,20H2,1-2H3/t13-,14+,15?,16?,17?,18+,19+/m1/s1. The molecule has 3 heteroatoms. The van der Waals surface area contributed by atoms with Crippen LogP contribution >= 0.6 is 0 Å². The van der Waals surface area contributed by atoms with Crippen molar-refractivity contribution in [3.05, 3.63) is 11.6 Å². The lowest BCUT2D eigenvalue weighted by atomic mass is 9.54. The van der Waals surface area contributed by atoms with E-state index in [-0.39, 0.29) is 17.6 Å². The molecule has 0 bridgehead atoms. The first-order valence-electron chi connectivity index (χ1n) is 9.22. The fourth-order valence-electron chi connectivity index (χ4n) is 5.96. The minimum Gasteiger partial charge on any atom is -0.393 e. The maximum Gasteiger partial charge on any atom is 0.0607 e. The molecule has 3 fully saturated rings. The van der Waals surface area contributed by atoms with Crippen molar-refractivity contribution in [3.8, 4) is 0 Å². The number of rotatable bonds is 2. The average molecular weight is 307 g/mol. The number of hydrogen-bond donors (Lipinski definition) is 3. The Balaban J connectivity index is 1.80. The molecule has 3 rings (SSSR count). The highest BCUT2D eigenvalue weighted by Gasteiger charge is 2.52. The van der Waals surface area contributed by atoms with Crippen LogP contribution in [0, 0.1) is 29.1 Å². The molecule has 3 aliphatic rings. The lowest BCUT2D eigenvalue weighted by Gasteiger charge is -2.53. The van der Waals surface area contributed by atoms with E-state index in [1.54, 1.807) is 5.57 Å². The van der Waals surface area contributed by atoms with Crippen LogP contribution in [0.3, 0.4) is 0 Å². The molecule has 0 amide bonds. The summed E-state index contributed by atoms with van der Waals surface area (Å²) >= 11 is 0. The van der Waals surface area contributed by atoms with Crippen LogP contribution < -0.4 is 5.73 Å². The van der Waals surface area contributed by atoms with Crippen molar-refractivity contribution in [3.63, 3.8) is 0 Å². The molecular formula is C19H33NO2. The van der Waals surface area contributed by atoms with Crippen LogP contribution in [0.15, 0.2) is 11.6 Å². The van der Waals surface area contributed by atoms with E-state index in [0.717, 1.165) is 32.1 Å². The molecule has 22 heavy (non-hydrogen) atoms. The molecule has 0 aromatic rings. The van der Waals surface area contributed by atoms with E-state index >= 15 is 0 Å². The van der Waals surface area contributed by atoms with Gasteiger partial charge in [0.2, 0.25) is 0 Å². The minimum atomic E-state index is -0.198. The SMILES string of the molecule is CC=C1CCC2C1CCC([C@@]1(C)CC[C@H](O)C[C@@H]1CN)[C@H]2O. The molecule has 0 aliphatic heterocycles. The van der Waals surface area contributed by atoms with Gasteiger partial charge in [-0.15, -0.1) is 0 Å². The third-order valence-corrected chi connectivity index (χ3v) is 7.41. The Morgan fingerprint density at radius 2 is 2.00 bits per heavy atom. The fourth-order valence-corrected chi connectivity index (χ4v) is 5.96. The minimum absolute atomic E-state index is 0.0943. The van der Waals surface area contributed by atoms with Crippen molar-refractivity contribution in [1.29, 1.82) is 0 Å². The molecule has 7 atom stereocenters. The molecule has 4 N–H and O–H groups in total. The summed E-state index contributed by atoms with van der Waals surface area (Å²) in [6, 6.07) is 0. The highest BCUT2D eigenvalue weighted by Crippen LogP contribution is 2.56. The van der Waals surface area contributed by atoms with Gasteiger partial charge in [0, 0.05) is 0 Å². The van der Waals surface area contributed by atoms with Gasteiger partial charge in [-0.25, -0.2) is 0 Å². The van der Waals surface area contributed by atoms with Crippen LogP contribution in [-0.4, -0.2) is 29.0 Å². The van der Waals surface area contributed by atoms with Gasteiger partial charge in [0.15, 0.2) is 0 Å². The molecule has 3 nitrogen and oxygen atoms in total. The molecule has 0 spiro atoms. The predicted molar refractivity (Wildman–Crippen MR) is 89.2 cm³/mol. The van der Waals surface area contributed by atoms with Crippen molar-refractivity contribution in [2.24, 2.45) is 34.8 Å². The first-order chi connectivity index (χ1) is 10.5. The van der Waals surface area contributed by atoms with E-state index in [4.69, 9.17) is 5.73 Å². The van der Waals surface area contributed by atoms with Gasteiger partial charge in [-0.1, -0.05) is 18.6 Å². The summed E-state index contributed by atoms with van der Waals surface area (Å²) in [5.74, 6) is 1.76. The molecular weight excluding hydrogens is 274 g/mol. The van der Waals surface area contributed by atoms with Crippen molar-refractivity contribution < 1.29 is 10.2 Å². The number of aliphatic hydroxyl groups is 2. The van der Waals surface area contributed by atoms with Gasteiger partial charge >= 0.3 is 0 Å². The molecule has 3 saturated carbocycles. The predicted octanol–water partition coefficient (Wildman–Crippen LogP) is 2.86. The smallest absolute Gasteiger partial charge is 0.0607 e. The summed E-state index contributed by atoms with van der Waals surface area (Å²) in [5.41, 5.74) is 7.71. The van der Waals surface area contributed by atoms with Gasteiger partial charge in [0.1, 0.15) is 0 Å². The van der Waals surface area contributed by atoms with Crippen LogP contribution in [0.2, 0.25) is 0 Å². The second-order valence-corrected chi connectivity index (χ2v) is 8.21. The summed E-state index contributed by atoms with van der Waals surface area (Å²) in [4.78, 5) is 0. The number of nitrogens with two attached hydrogens (primary N) is 1. The largest absolute Gasteiger partial charge is 0.393 e. The Morgan fingerprint density at radius 3 is 2.68 bits per heavy atom. The Hall–Kier alpha value is -0.380. The Labute approximate surface area is 135 Å². The number of aliphatic hydroxyl groups excluding tert-OH is 2. The second-order valence-electron chi connectivity index (χ2n) is 8.21. The Kier molecular flexibility index (Phi) is 4.69. The monoisotopic (exact) mass is 307 g/mol. The Morgan fingerprint density at radius 1 is 1.23 bits per heavy atom. The van der Waals surface area contributed by atoms with Gasteiger partial charge in [0.25, 0.3) is 0 Å². The second kappa shape index (κ2) is 6.26. The fraction of sp³-hybridized carbons (Fsp3) is 0.895. The number of hydrogen-bond acceptors (Lipinski definition) is 3. The Bertz CT molecular complexity index is 435. The quantitative estimate of drug-likeness (QED) is 0.687. The molecule has 3 aliphatic carbocycles. The topological polar surface area (TPSA) is 66.5 Å². The average Bonchev–Trinajstić information content (AvgIpc) is 2.94. The van der Waals surface area contributed by atoms with Crippen LogP contribution in [0.1, 0.15) is 58.8 Å². The van der Waals surface area contributed by atoms with Gasteiger partial charge in [-0.3, -0.25) is 0 Å². The molecule has 0 heterocycles. The maximum absolute atomic E-state index is 11.1. The summed E-state index contributed by atoms with van der Waals surface area (Å²) in [6.07, 6.45) is 9.23. The van der Waals surface area contributed by atoms with E-state index in [2.05, 4.69) is 19.9 Å². The number of allylic oxidation sites excluding steroid dienone is 2. The van der Waals surface area contributed by atoms with Crippen LogP contribution in [0.25, 0.3) is 0 Å². The molecule has 0 radical (unpaired) electrons. The van der Waals surface area contributed by atoms with Crippen LogP contribution in [0.5, 0.6) is 0 Å². The van der Waals surface area contributed by atoms with Gasteiger partial charge in [-0.2, -0.15) is 0 Å². The van der Waals surface area contributed by atoms with E-state index in [1.165, 1.54) is 12.8 Å². The zero-order chi connectivity index (χ0) is 15.9. The van der Waals surface area contributed by atoms with E-state index in [0.29, 0.717) is 30.2 Å². The lowest BCUT2D eigenvalue weighted by molar-refractivity contribution is -0.102. The van der Waals surface area contributed by atoms with Crippen molar-refractivity contribution in [2.75, 3.05) is 6.54 Å². The summed E-state index contributed by atoms with van der Waals surface area (Å²) in [5, 5.41) is 21.1. The summed E-state index contributed by atoms with van der Waals surface area (Å²) in [6.45, 7) is 5.10.